The molecule has 0 rings (SSSR count). The molecule has 0 aromatic heterocycles. The summed E-state index contributed by atoms with van der Waals surface area (Å²) < 4.78 is 16.8. The van der Waals surface area contributed by atoms with Crippen LogP contribution < -0.4 is 0 Å². The van der Waals surface area contributed by atoms with Gasteiger partial charge in [0, 0.05) is 19.3 Å². The van der Waals surface area contributed by atoms with Gasteiger partial charge in [0.15, 0.2) is 6.10 Å². The van der Waals surface area contributed by atoms with Crippen molar-refractivity contribution >= 4 is 17.9 Å². The molecule has 0 radical (unpaired) electrons. The van der Waals surface area contributed by atoms with Crippen molar-refractivity contribution in [2.24, 2.45) is 0 Å². The lowest BCUT2D eigenvalue weighted by Crippen LogP contribution is -2.30. The number of esters is 3. The van der Waals surface area contributed by atoms with E-state index in [0.29, 0.717) is 19.3 Å². The third-order valence-corrected chi connectivity index (χ3v) is 12.3. The third-order valence-electron chi connectivity index (χ3n) is 12.3. The molecular formula is C60H106O6. The van der Waals surface area contributed by atoms with E-state index in [9.17, 15) is 14.4 Å². The Morgan fingerprint density at radius 1 is 0.318 bits per heavy atom. The second-order valence-corrected chi connectivity index (χ2v) is 18.8. The molecule has 0 spiro atoms. The van der Waals surface area contributed by atoms with Crippen LogP contribution in [0.15, 0.2) is 60.8 Å². The summed E-state index contributed by atoms with van der Waals surface area (Å²) in [5, 5.41) is 0. The van der Waals surface area contributed by atoms with Gasteiger partial charge in [-0.15, -0.1) is 0 Å². The van der Waals surface area contributed by atoms with E-state index in [1.54, 1.807) is 0 Å². The number of hydrogen-bond acceptors (Lipinski definition) is 6. The lowest BCUT2D eigenvalue weighted by molar-refractivity contribution is -0.167. The van der Waals surface area contributed by atoms with Crippen molar-refractivity contribution in [1.29, 1.82) is 0 Å². The van der Waals surface area contributed by atoms with E-state index in [4.69, 9.17) is 14.2 Å². The molecule has 0 fully saturated rings. The van der Waals surface area contributed by atoms with Crippen LogP contribution in [0.5, 0.6) is 0 Å². The van der Waals surface area contributed by atoms with E-state index in [1.807, 2.05) is 0 Å². The van der Waals surface area contributed by atoms with Crippen LogP contribution in [0.25, 0.3) is 0 Å². The van der Waals surface area contributed by atoms with Crippen LogP contribution >= 0.6 is 0 Å². The number of unbranched alkanes of at least 4 members (excludes halogenated alkanes) is 30. The second-order valence-electron chi connectivity index (χ2n) is 18.8. The lowest BCUT2D eigenvalue weighted by atomic mass is 10.0. The maximum absolute atomic E-state index is 12.8. The van der Waals surface area contributed by atoms with Crippen molar-refractivity contribution in [3.63, 3.8) is 0 Å². The molecule has 382 valence electrons. The minimum Gasteiger partial charge on any atom is -0.462 e. The van der Waals surface area contributed by atoms with Gasteiger partial charge >= 0.3 is 17.9 Å². The normalized spacial score (nSPS) is 12.5. The Kier molecular flexibility index (Phi) is 52.3. The Balaban J connectivity index is 4.39. The first kappa shape index (κ1) is 63.1. The van der Waals surface area contributed by atoms with Crippen LogP contribution in [0.3, 0.4) is 0 Å². The van der Waals surface area contributed by atoms with E-state index in [0.717, 1.165) is 103 Å². The van der Waals surface area contributed by atoms with Gasteiger partial charge in [0.05, 0.1) is 0 Å². The quantitative estimate of drug-likeness (QED) is 0.0262. The van der Waals surface area contributed by atoms with Crippen LogP contribution in [-0.2, 0) is 28.6 Å². The van der Waals surface area contributed by atoms with Gasteiger partial charge in [-0.05, 0) is 83.5 Å². The Hall–Kier alpha value is -2.89. The molecule has 0 N–H and O–H groups in total. The highest BCUT2D eigenvalue weighted by Gasteiger charge is 2.19. The number of carbonyl (C=O) groups is 3. The minimum atomic E-state index is -0.784. The highest BCUT2D eigenvalue weighted by atomic mass is 16.6. The molecule has 6 heteroatoms. The first-order chi connectivity index (χ1) is 32.5. The maximum Gasteiger partial charge on any atom is 0.306 e. The number of rotatable bonds is 51. The van der Waals surface area contributed by atoms with Gasteiger partial charge in [-0.25, -0.2) is 0 Å². The number of ether oxygens (including phenoxy) is 3. The number of allylic oxidation sites excluding steroid dienone is 10. The highest BCUT2D eigenvalue weighted by Crippen LogP contribution is 2.16. The average molecular weight is 924 g/mol. The van der Waals surface area contributed by atoms with Gasteiger partial charge in [-0.1, -0.05) is 242 Å². The number of hydrogen-bond donors (Lipinski definition) is 0. The van der Waals surface area contributed by atoms with E-state index in [2.05, 4.69) is 81.5 Å². The van der Waals surface area contributed by atoms with Crippen LogP contribution in [0.4, 0.5) is 0 Å². The van der Waals surface area contributed by atoms with Crippen molar-refractivity contribution in [2.45, 2.75) is 290 Å². The van der Waals surface area contributed by atoms with Crippen LogP contribution in [0, 0.1) is 0 Å². The summed E-state index contributed by atoms with van der Waals surface area (Å²) in [5.74, 6) is -0.901. The molecule has 1 atom stereocenters. The molecule has 0 heterocycles. The SMILES string of the molecule is CC/C=C\C/C=C\C/C=C\C/C=C\CCCCCCCCC(=O)OCC(COC(=O)CCCCC/C=C\CCCCCCCCC)OC(=O)CCCCCCCCCCCCCCCCC. The smallest absolute Gasteiger partial charge is 0.306 e. The molecule has 0 saturated heterocycles. The molecule has 66 heavy (non-hydrogen) atoms. The van der Waals surface area contributed by atoms with Crippen molar-refractivity contribution < 1.29 is 28.6 Å². The second kappa shape index (κ2) is 54.7. The zero-order valence-electron chi connectivity index (χ0n) is 43.7. The molecule has 0 saturated carbocycles. The summed E-state index contributed by atoms with van der Waals surface area (Å²) in [6, 6.07) is 0. The molecular weight excluding hydrogens is 817 g/mol. The molecule has 1 unspecified atom stereocenters. The third kappa shape index (κ3) is 52.1. The fourth-order valence-electron chi connectivity index (χ4n) is 8.02. The Morgan fingerprint density at radius 3 is 0.955 bits per heavy atom. The Labute approximate surface area is 409 Å². The summed E-state index contributed by atoms with van der Waals surface area (Å²) in [5.41, 5.74) is 0. The molecule has 0 aromatic rings. The summed E-state index contributed by atoms with van der Waals surface area (Å²) in [6.45, 7) is 6.52. The van der Waals surface area contributed by atoms with E-state index < -0.39 is 6.10 Å². The Bertz CT molecular complexity index is 1200. The van der Waals surface area contributed by atoms with E-state index in [1.165, 1.54) is 141 Å². The van der Waals surface area contributed by atoms with Gasteiger partial charge in [0.2, 0.25) is 0 Å². The number of carbonyl (C=O) groups excluding carboxylic acids is 3. The predicted octanol–water partition coefficient (Wildman–Crippen LogP) is 18.8. The zero-order chi connectivity index (χ0) is 47.9. The molecule has 0 aliphatic heterocycles. The topological polar surface area (TPSA) is 78.9 Å². The first-order valence-corrected chi connectivity index (χ1v) is 28.3. The zero-order valence-corrected chi connectivity index (χ0v) is 43.7. The minimum absolute atomic E-state index is 0.0841. The molecule has 0 aliphatic carbocycles. The average Bonchev–Trinajstić information content (AvgIpc) is 3.31. The molecule has 0 aromatic carbocycles. The van der Waals surface area contributed by atoms with Crippen molar-refractivity contribution in [2.75, 3.05) is 13.2 Å². The standard InChI is InChI=1S/C60H106O6/c1-4-7-10-13-16-19-22-25-28-29-30-31-33-35-38-41-44-47-50-53-59(62)65-56-57(55-64-58(61)52-49-46-43-40-37-34-27-24-21-18-15-12-9-6-3)66-60(63)54-51-48-45-42-39-36-32-26-23-20-17-14-11-8-5-2/h7,10,16,19,25,28,30-31,34,37,57H,4-6,8-9,11-15,17-18,20-24,26-27,29,32-33,35-36,38-56H2,1-3H3/b10-7-,19-16-,28-25-,31-30-,37-34-. The van der Waals surface area contributed by atoms with Crippen molar-refractivity contribution in [1.82, 2.24) is 0 Å². The summed E-state index contributed by atoms with van der Waals surface area (Å²) in [7, 11) is 0. The molecule has 0 amide bonds. The van der Waals surface area contributed by atoms with Gasteiger partial charge < -0.3 is 14.2 Å². The monoisotopic (exact) mass is 923 g/mol. The van der Waals surface area contributed by atoms with Crippen molar-refractivity contribution in [3.8, 4) is 0 Å². The van der Waals surface area contributed by atoms with Crippen LogP contribution in [-0.4, -0.2) is 37.2 Å². The van der Waals surface area contributed by atoms with Crippen molar-refractivity contribution in [3.05, 3.63) is 60.8 Å². The maximum atomic E-state index is 12.8. The van der Waals surface area contributed by atoms with Gasteiger partial charge in [0.1, 0.15) is 13.2 Å². The summed E-state index contributed by atoms with van der Waals surface area (Å²) in [4.78, 5) is 38.1. The Morgan fingerprint density at radius 2 is 0.591 bits per heavy atom. The van der Waals surface area contributed by atoms with E-state index in [-0.39, 0.29) is 31.1 Å². The summed E-state index contributed by atoms with van der Waals surface area (Å²) >= 11 is 0. The van der Waals surface area contributed by atoms with Crippen LogP contribution in [0.2, 0.25) is 0 Å². The largest absolute Gasteiger partial charge is 0.462 e. The van der Waals surface area contributed by atoms with E-state index >= 15 is 0 Å². The fourth-order valence-corrected chi connectivity index (χ4v) is 8.02. The molecule has 0 bridgehead atoms. The first-order valence-electron chi connectivity index (χ1n) is 28.3. The van der Waals surface area contributed by atoms with Crippen LogP contribution in [0.1, 0.15) is 284 Å². The lowest BCUT2D eigenvalue weighted by Gasteiger charge is -2.18. The highest BCUT2D eigenvalue weighted by molar-refractivity contribution is 5.71. The van der Waals surface area contributed by atoms with Gasteiger partial charge in [-0.3, -0.25) is 14.4 Å². The molecule has 6 nitrogen and oxygen atoms in total. The summed E-state index contributed by atoms with van der Waals surface area (Å²) in [6.07, 6.45) is 67.8. The fraction of sp³-hybridized carbons (Fsp3) is 0.783. The van der Waals surface area contributed by atoms with Gasteiger partial charge in [0.25, 0.3) is 0 Å². The predicted molar refractivity (Wildman–Crippen MR) is 284 cm³/mol. The molecule has 0 aliphatic rings. The van der Waals surface area contributed by atoms with Gasteiger partial charge in [-0.2, -0.15) is 0 Å².